The van der Waals surface area contributed by atoms with Crippen molar-refractivity contribution in [2.75, 3.05) is 20.2 Å². The third-order valence-corrected chi connectivity index (χ3v) is 2.84. The molecule has 18 heavy (non-hydrogen) atoms. The van der Waals surface area contributed by atoms with Crippen LogP contribution in [0.5, 0.6) is 5.75 Å². The molecule has 0 fully saturated rings. The SMILES string of the molecule is C=CCCCNCC(O)c1cc(C)ccc1OC. The fourth-order valence-corrected chi connectivity index (χ4v) is 1.83. The molecule has 0 heterocycles. The lowest BCUT2D eigenvalue weighted by Gasteiger charge is -2.16. The summed E-state index contributed by atoms with van der Waals surface area (Å²) in [5, 5.41) is 13.4. The summed E-state index contributed by atoms with van der Waals surface area (Å²) in [7, 11) is 1.62. The lowest BCUT2D eigenvalue weighted by atomic mass is 10.1. The average Bonchev–Trinajstić information content (AvgIpc) is 2.38. The van der Waals surface area contributed by atoms with Crippen molar-refractivity contribution in [1.82, 2.24) is 5.32 Å². The van der Waals surface area contributed by atoms with Crippen molar-refractivity contribution >= 4 is 0 Å². The van der Waals surface area contributed by atoms with E-state index in [1.807, 2.05) is 31.2 Å². The van der Waals surface area contributed by atoms with E-state index in [1.54, 1.807) is 7.11 Å². The Balaban J connectivity index is 2.52. The van der Waals surface area contributed by atoms with E-state index in [2.05, 4.69) is 11.9 Å². The molecule has 100 valence electrons. The molecule has 1 unspecified atom stereocenters. The average molecular weight is 249 g/mol. The van der Waals surface area contributed by atoms with E-state index in [1.165, 1.54) is 0 Å². The first-order chi connectivity index (χ1) is 8.69. The van der Waals surface area contributed by atoms with Gasteiger partial charge in [0.2, 0.25) is 0 Å². The summed E-state index contributed by atoms with van der Waals surface area (Å²) < 4.78 is 5.27. The van der Waals surface area contributed by atoms with Gasteiger partial charge in [-0.25, -0.2) is 0 Å². The van der Waals surface area contributed by atoms with Gasteiger partial charge in [0.25, 0.3) is 0 Å². The highest BCUT2D eigenvalue weighted by Gasteiger charge is 2.12. The van der Waals surface area contributed by atoms with Crippen LogP contribution in [0.2, 0.25) is 0 Å². The highest BCUT2D eigenvalue weighted by Crippen LogP contribution is 2.25. The van der Waals surface area contributed by atoms with Crippen molar-refractivity contribution in [3.8, 4) is 5.75 Å². The predicted molar refractivity (Wildman–Crippen MR) is 75.0 cm³/mol. The van der Waals surface area contributed by atoms with E-state index in [4.69, 9.17) is 4.74 Å². The molecule has 0 spiro atoms. The molecular weight excluding hydrogens is 226 g/mol. The fraction of sp³-hybridized carbons (Fsp3) is 0.467. The Kier molecular flexibility index (Phi) is 6.47. The number of hydrogen-bond acceptors (Lipinski definition) is 3. The van der Waals surface area contributed by atoms with Gasteiger partial charge in [0.1, 0.15) is 5.75 Å². The van der Waals surface area contributed by atoms with Gasteiger partial charge in [-0.2, -0.15) is 0 Å². The molecule has 0 saturated carbocycles. The number of rotatable bonds is 8. The van der Waals surface area contributed by atoms with Crippen LogP contribution in [-0.2, 0) is 0 Å². The maximum atomic E-state index is 10.2. The normalized spacial score (nSPS) is 12.2. The van der Waals surface area contributed by atoms with Gasteiger partial charge < -0.3 is 15.2 Å². The second-order valence-electron chi connectivity index (χ2n) is 4.40. The monoisotopic (exact) mass is 249 g/mol. The summed E-state index contributed by atoms with van der Waals surface area (Å²) in [6, 6.07) is 5.84. The summed E-state index contributed by atoms with van der Waals surface area (Å²) in [5.74, 6) is 0.737. The quantitative estimate of drug-likeness (QED) is 0.549. The maximum absolute atomic E-state index is 10.2. The lowest BCUT2D eigenvalue weighted by molar-refractivity contribution is 0.170. The Bertz CT molecular complexity index is 377. The third-order valence-electron chi connectivity index (χ3n) is 2.84. The molecule has 3 heteroatoms. The molecule has 3 nitrogen and oxygen atoms in total. The second kappa shape index (κ2) is 7.90. The van der Waals surface area contributed by atoms with Gasteiger partial charge in [0.05, 0.1) is 13.2 Å². The van der Waals surface area contributed by atoms with Crippen molar-refractivity contribution in [3.05, 3.63) is 42.0 Å². The van der Waals surface area contributed by atoms with Gasteiger partial charge >= 0.3 is 0 Å². The Labute approximate surface area is 109 Å². The number of benzene rings is 1. The topological polar surface area (TPSA) is 41.5 Å². The minimum atomic E-state index is -0.538. The van der Waals surface area contributed by atoms with E-state index in [0.717, 1.165) is 36.3 Å². The van der Waals surface area contributed by atoms with Crippen molar-refractivity contribution in [1.29, 1.82) is 0 Å². The van der Waals surface area contributed by atoms with Crippen molar-refractivity contribution in [2.45, 2.75) is 25.9 Å². The van der Waals surface area contributed by atoms with Crippen LogP contribution in [0.15, 0.2) is 30.9 Å². The van der Waals surface area contributed by atoms with Gasteiger partial charge in [-0.05, 0) is 38.4 Å². The Morgan fingerprint density at radius 1 is 1.50 bits per heavy atom. The molecule has 1 aromatic carbocycles. The number of aliphatic hydroxyl groups is 1. The zero-order valence-electron chi connectivity index (χ0n) is 11.3. The third kappa shape index (κ3) is 4.51. The van der Waals surface area contributed by atoms with Crippen molar-refractivity contribution in [2.24, 2.45) is 0 Å². The zero-order valence-corrected chi connectivity index (χ0v) is 11.3. The summed E-state index contributed by atoms with van der Waals surface area (Å²) in [6.45, 7) is 7.11. The minimum Gasteiger partial charge on any atom is -0.496 e. The molecule has 0 radical (unpaired) electrons. The van der Waals surface area contributed by atoms with Crippen LogP contribution < -0.4 is 10.1 Å². The van der Waals surface area contributed by atoms with Crippen LogP contribution in [0.1, 0.15) is 30.1 Å². The fourth-order valence-electron chi connectivity index (χ4n) is 1.83. The lowest BCUT2D eigenvalue weighted by Crippen LogP contribution is -2.22. The van der Waals surface area contributed by atoms with E-state index in [9.17, 15) is 5.11 Å². The van der Waals surface area contributed by atoms with E-state index in [0.29, 0.717) is 6.54 Å². The molecule has 0 bridgehead atoms. The van der Waals surface area contributed by atoms with Crippen molar-refractivity contribution < 1.29 is 9.84 Å². The summed E-state index contributed by atoms with van der Waals surface area (Å²) >= 11 is 0. The first kappa shape index (κ1) is 14.7. The number of unbranched alkanes of at least 4 members (excludes halogenated alkanes) is 1. The molecular formula is C15H23NO2. The molecule has 0 aliphatic heterocycles. The Morgan fingerprint density at radius 3 is 2.94 bits per heavy atom. The summed E-state index contributed by atoms with van der Waals surface area (Å²) in [4.78, 5) is 0. The Hall–Kier alpha value is -1.32. The predicted octanol–water partition coefficient (Wildman–Crippen LogP) is 2.59. The van der Waals surface area contributed by atoms with E-state index >= 15 is 0 Å². The van der Waals surface area contributed by atoms with Gasteiger partial charge in [0.15, 0.2) is 0 Å². The molecule has 0 aromatic heterocycles. The smallest absolute Gasteiger partial charge is 0.124 e. The van der Waals surface area contributed by atoms with E-state index < -0.39 is 6.10 Å². The number of aliphatic hydroxyl groups excluding tert-OH is 1. The van der Waals surface area contributed by atoms with Crippen LogP contribution in [0, 0.1) is 6.92 Å². The van der Waals surface area contributed by atoms with Gasteiger partial charge in [0, 0.05) is 12.1 Å². The second-order valence-corrected chi connectivity index (χ2v) is 4.40. The number of nitrogens with one attached hydrogen (secondary N) is 1. The number of ether oxygens (including phenoxy) is 1. The summed E-state index contributed by atoms with van der Waals surface area (Å²) in [6.07, 6.45) is 3.41. The Morgan fingerprint density at radius 2 is 2.28 bits per heavy atom. The van der Waals surface area contributed by atoms with Crippen LogP contribution in [0.3, 0.4) is 0 Å². The minimum absolute atomic E-state index is 0.538. The highest BCUT2D eigenvalue weighted by molar-refractivity contribution is 5.38. The molecule has 0 aliphatic rings. The van der Waals surface area contributed by atoms with E-state index in [-0.39, 0.29) is 0 Å². The van der Waals surface area contributed by atoms with Crippen LogP contribution in [-0.4, -0.2) is 25.3 Å². The summed E-state index contributed by atoms with van der Waals surface area (Å²) in [5.41, 5.74) is 1.96. The number of aryl methyl sites for hydroxylation is 1. The molecule has 1 rings (SSSR count). The van der Waals surface area contributed by atoms with Gasteiger partial charge in [-0.3, -0.25) is 0 Å². The molecule has 2 N–H and O–H groups in total. The first-order valence-corrected chi connectivity index (χ1v) is 6.33. The number of methoxy groups -OCH3 is 1. The maximum Gasteiger partial charge on any atom is 0.124 e. The molecule has 1 atom stereocenters. The largest absolute Gasteiger partial charge is 0.496 e. The zero-order chi connectivity index (χ0) is 13.4. The van der Waals surface area contributed by atoms with Crippen LogP contribution in [0.4, 0.5) is 0 Å². The standard InChI is InChI=1S/C15H23NO2/c1-4-5-6-9-16-11-14(17)13-10-12(2)7-8-15(13)18-3/h4,7-8,10,14,16-17H,1,5-6,9,11H2,2-3H3. The molecule has 0 amide bonds. The number of allylic oxidation sites excluding steroid dienone is 1. The number of hydrogen-bond donors (Lipinski definition) is 2. The molecule has 1 aromatic rings. The highest BCUT2D eigenvalue weighted by atomic mass is 16.5. The molecule has 0 aliphatic carbocycles. The first-order valence-electron chi connectivity index (χ1n) is 6.33. The van der Waals surface area contributed by atoms with Gasteiger partial charge in [-0.1, -0.05) is 17.7 Å². The van der Waals surface area contributed by atoms with Gasteiger partial charge in [-0.15, -0.1) is 6.58 Å². The van der Waals surface area contributed by atoms with Crippen LogP contribution in [0.25, 0.3) is 0 Å². The van der Waals surface area contributed by atoms with Crippen LogP contribution >= 0.6 is 0 Å². The molecule has 0 saturated heterocycles. The van der Waals surface area contributed by atoms with Crippen molar-refractivity contribution in [3.63, 3.8) is 0 Å².